The third-order valence-electron chi connectivity index (χ3n) is 1.87. The molecule has 0 aliphatic rings. The summed E-state index contributed by atoms with van der Waals surface area (Å²) in [5.74, 6) is -0.207. The molecule has 1 rings (SSSR count). The van der Waals surface area contributed by atoms with E-state index in [1.54, 1.807) is 26.8 Å². The first-order valence-corrected chi connectivity index (χ1v) is 6.36. The molecule has 0 heterocycles. The van der Waals surface area contributed by atoms with Crippen LogP contribution in [0.1, 0.15) is 52.7 Å². The van der Waals surface area contributed by atoms with Crippen molar-refractivity contribution in [3.8, 4) is 0 Å². The maximum Gasteiger partial charge on any atom is 0.126 e. The van der Waals surface area contributed by atoms with Crippen molar-refractivity contribution >= 4 is 0 Å². The molecule has 1 N–H and O–H groups in total. The molecule has 1 aromatic rings. The quantitative estimate of drug-likeness (QED) is 0.809. The van der Waals surface area contributed by atoms with Gasteiger partial charge in [0.1, 0.15) is 5.82 Å². The second kappa shape index (κ2) is 9.17. The predicted molar refractivity (Wildman–Crippen MR) is 73.8 cm³/mol. The summed E-state index contributed by atoms with van der Waals surface area (Å²) in [6.45, 7) is 13.2. The van der Waals surface area contributed by atoms with E-state index in [-0.39, 0.29) is 5.82 Å². The maximum atomic E-state index is 13.1. The summed E-state index contributed by atoms with van der Waals surface area (Å²) >= 11 is 0. The topological polar surface area (TPSA) is 20.2 Å². The largest absolute Gasteiger partial charge is 0.390 e. The highest BCUT2D eigenvalue weighted by Crippen LogP contribution is 2.15. The van der Waals surface area contributed by atoms with Gasteiger partial charge in [-0.2, -0.15) is 0 Å². The van der Waals surface area contributed by atoms with Crippen molar-refractivity contribution < 1.29 is 9.50 Å². The van der Waals surface area contributed by atoms with Crippen LogP contribution in [0.3, 0.4) is 0 Å². The molecule has 17 heavy (non-hydrogen) atoms. The molecule has 0 aliphatic heterocycles. The summed E-state index contributed by atoms with van der Waals surface area (Å²) in [4.78, 5) is 0. The Morgan fingerprint density at radius 3 is 1.94 bits per heavy atom. The number of rotatable bonds is 2. The van der Waals surface area contributed by atoms with E-state index in [4.69, 9.17) is 0 Å². The van der Waals surface area contributed by atoms with Gasteiger partial charge in [0.15, 0.2) is 0 Å². The Bertz CT molecular complexity index is 300. The highest BCUT2D eigenvalue weighted by molar-refractivity contribution is 5.24. The first-order chi connectivity index (χ1) is 7.88. The molecule has 0 saturated heterocycles. The number of aliphatic hydroxyl groups is 1. The van der Waals surface area contributed by atoms with Crippen molar-refractivity contribution in [1.29, 1.82) is 0 Å². The Morgan fingerprint density at radius 2 is 1.59 bits per heavy atom. The third-order valence-corrected chi connectivity index (χ3v) is 1.87. The fourth-order valence-corrected chi connectivity index (χ4v) is 1.25. The van der Waals surface area contributed by atoms with Crippen molar-refractivity contribution in [2.45, 2.75) is 60.5 Å². The van der Waals surface area contributed by atoms with E-state index in [9.17, 15) is 9.50 Å². The Kier molecular flexibility index (Phi) is 9.97. The van der Waals surface area contributed by atoms with Gasteiger partial charge in [0, 0.05) is 6.42 Å². The molecule has 1 nitrogen and oxygen atoms in total. The number of halogens is 1. The molecule has 0 atom stereocenters. The molecule has 100 valence electrons. The van der Waals surface area contributed by atoms with Crippen molar-refractivity contribution in [3.05, 3.63) is 35.1 Å². The van der Waals surface area contributed by atoms with Crippen LogP contribution in [0.5, 0.6) is 0 Å². The molecule has 0 aliphatic carbocycles. The Labute approximate surface area is 106 Å². The SMILES string of the molecule is CC.CC.Cc1ccc(CC(C)(C)O)cc1F. The van der Waals surface area contributed by atoms with Gasteiger partial charge in [0.05, 0.1) is 5.60 Å². The summed E-state index contributed by atoms with van der Waals surface area (Å²) in [5, 5.41) is 9.51. The lowest BCUT2D eigenvalue weighted by Crippen LogP contribution is -2.21. The van der Waals surface area contributed by atoms with Gasteiger partial charge in [-0.15, -0.1) is 0 Å². The number of aryl methyl sites for hydroxylation is 1. The molecule has 0 aromatic heterocycles. The van der Waals surface area contributed by atoms with Gasteiger partial charge in [-0.05, 0) is 38.0 Å². The second-order valence-corrected chi connectivity index (χ2v) is 4.07. The van der Waals surface area contributed by atoms with Gasteiger partial charge < -0.3 is 5.11 Å². The molecular weight excluding hydrogens is 215 g/mol. The van der Waals surface area contributed by atoms with E-state index in [0.717, 1.165) is 5.56 Å². The highest BCUT2D eigenvalue weighted by Gasteiger charge is 2.13. The summed E-state index contributed by atoms with van der Waals surface area (Å²) in [7, 11) is 0. The Morgan fingerprint density at radius 1 is 1.12 bits per heavy atom. The molecule has 0 amide bonds. The second-order valence-electron chi connectivity index (χ2n) is 4.07. The van der Waals surface area contributed by atoms with Gasteiger partial charge in [-0.25, -0.2) is 4.39 Å². The van der Waals surface area contributed by atoms with E-state index < -0.39 is 5.60 Å². The lowest BCUT2D eigenvalue weighted by atomic mass is 9.98. The van der Waals surface area contributed by atoms with Crippen LogP contribution in [0.15, 0.2) is 18.2 Å². The summed E-state index contributed by atoms with van der Waals surface area (Å²) < 4.78 is 13.1. The van der Waals surface area contributed by atoms with Crippen LogP contribution in [0.25, 0.3) is 0 Å². The summed E-state index contributed by atoms with van der Waals surface area (Å²) in [6.07, 6.45) is 0.476. The Balaban J connectivity index is 0. The predicted octanol–water partition coefficient (Wildman–Crippen LogP) is 4.50. The van der Waals surface area contributed by atoms with Crippen LogP contribution < -0.4 is 0 Å². The molecular formula is C15H27FO. The highest BCUT2D eigenvalue weighted by atomic mass is 19.1. The van der Waals surface area contributed by atoms with Crippen molar-refractivity contribution in [2.75, 3.05) is 0 Å². The standard InChI is InChI=1S/C11H15FO.2C2H6/c1-8-4-5-9(6-10(8)12)7-11(2,3)13;2*1-2/h4-6,13H,7H2,1-3H3;2*1-2H3. The van der Waals surface area contributed by atoms with Crippen LogP contribution in [0.4, 0.5) is 4.39 Å². The van der Waals surface area contributed by atoms with Crippen LogP contribution >= 0.6 is 0 Å². The zero-order chi connectivity index (χ0) is 14.1. The van der Waals surface area contributed by atoms with Gasteiger partial charge in [0.25, 0.3) is 0 Å². The van der Waals surface area contributed by atoms with Crippen molar-refractivity contribution in [2.24, 2.45) is 0 Å². The third kappa shape index (κ3) is 8.87. The molecule has 0 fully saturated rings. The molecule has 0 radical (unpaired) electrons. The first kappa shape index (κ1) is 18.5. The molecule has 0 saturated carbocycles. The van der Waals surface area contributed by atoms with Gasteiger partial charge >= 0.3 is 0 Å². The fourth-order valence-electron chi connectivity index (χ4n) is 1.25. The normalized spacial score (nSPS) is 9.71. The summed E-state index contributed by atoms with van der Waals surface area (Å²) in [6, 6.07) is 5.06. The van der Waals surface area contributed by atoms with Crippen LogP contribution in [-0.4, -0.2) is 10.7 Å². The zero-order valence-electron chi connectivity index (χ0n) is 12.3. The first-order valence-electron chi connectivity index (χ1n) is 6.36. The van der Waals surface area contributed by atoms with Crippen LogP contribution in [0, 0.1) is 12.7 Å². The molecule has 1 aromatic carbocycles. The minimum absolute atomic E-state index is 0.207. The molecule has 0 bridgehead atoms. The average Bonchev–Trinajstić information content (AvgIpc) is 2.27. The van der Waals surface area contributed by atoms with Crippen LogP contribution in [0.2, 0.25) is 0 Å². The van der Waals surface area contributed by atoms with E-state index in [0.29, 0.717) is 12.0 Å². The lowest BCUT2D eigenvalue weighted by Gasteiger charge is -2.17. The summed E-state index contributed by atoms with van der Waals surface area (Å²) in [5.41, 5.74) is 0.692. The maximum absolute atomic E-state index is 13.1. The van der Waals surface area contributed by atoms with E-state index in [1.165, 1.54) is 6.07 Å². The smallest absolute Gasteiger partial charge is 0.126 e. The average molecular weight is 242 g/mol. The fraction of sp³-hybridized carbons (Fsp3) is 0.600. The monoisotopic (exact) mass is 242 g/mol. The lowest BCUT2D eigenvalue weighted by molar-refractivity contribution is 0.0809. The van der Waals surface area contributed by atoms with E-state index in [2.05, 4.69) is 0 Å². The van der Waals surface area contributed by atoms with Crippen LogP contribution in [-0.2, 0) is 6.42 Å². The van der Waals surface area contributed by atoms with Crippen molar-refractivity contribution in [3.63, 3.8) is 0 Å². The van der Waals surface area contributed by atoms with Crippen molar-refractivity contribution in [1.82, 2.24) is 0 Å². The van der Waals surface area contributed by atoms with Gasteiger partial charge in [-0.1, -0.05) is 39.8 Å². The molecule has 0 unspecified atom stereocenters. The van der Waals surface area contributed by atoms with E-state index in [1.807, 2.05) is 33.8 Å². The molecule has 2 heteroatoms. The number of hydrogen-bond acceptors (Lipinski definition) is 1. The zero-order valence-corrected chi connectivity index (χ0v) is 12.3. The van der Waals surface area contributed by atoms with Gasteiger partial charge in [-0.3, -0.25) is 0 Å². The number of benzene rings is 1. The van der Waals surface area contributed by atoms with Gasteiger partial charge in [0.2, 0.25) is 0 Å². The Hall–Kier alpha value is -0.890. The minimum atomic E-state index is -0.776. The van der Waals surface area contributed by atoms with E-state index >= 15 is 0 Å². The number of hydrogen-bond donors (Lipinski definition) is 1. The minimum Gasteiger partial charge on any atom is -0.390 e. The molecule has 0 spiro atoms.